The van der Waals surface area contributed by atoms with E-state index in [4.69, 9.17) is 28.9 Å². The van der Waals surface area contributed by atoms with Gasteiger partial charge in [-0.05, 0) is 30.3 Å². The molecule has 0 saturated carbocycles. The monoisotopic (exact) mass is 301 g/mol. The highest BCUT2D eigenvalue weighted by Gasteiger charge is 2.21. The summed E-state index contributed by atoms with van der Waals surface area (Å²) >= 11 is 11.5. The molecule has 0 aromatic heterocycles. The van der Waals surface area contributed by atoms with Gasteiger partial charge in [-0.15, -0.1) is 0 Å². The molecular formula is C13H7Cl2F2NO. The van der Waals surface area contributed by atoms with E-state index in [-0.39, 0.29) is 21.3 Å². The number of anilines is 1. The number of hydrogen-bond acceptors (Lipinski definition) is 2. The van der Waals surface area contributed by atoms with Gasteiger partial charge in [0.15, 0.2) is 11.6 Å². The molecule has 2 aromatic rings. The van der Waals surface area contributed by atoms with Crippen LogP contribution in [-0.4, -0.2) is 5.78 Å². The molecule has 0 saturated heterocycles. The SMILES string of the molecule is Nc1ccc(F)c(C(=O)c2ccc(Cl)c(Cl)c2)c1F. The maximum absolute atomic E-state index is 13.7. The zero-order chi connectivity index (χ0) is 14.2. The molecule has 0 radical (unpaired) electrons. The number of carbonyl (C=O) groups excluding carboxylic acids is 1. The first-order valence-corrected chi connectivity index (χ1v) is 5.90. The Hall–Kier alpha value is -1.65. The lowest BCUT2D eigenvalue weighted by Crippen LogP contribution is -2.09. The minimum absolute atomic E-state index is 0.0257. The molecule has 19 heavy (non-hydrogen) atoms. The normalized spacial score (nSPS) is 10.5. The molecule has 98 valence electrons. The number of ketones is 1. The van der Waals surface area contributed by atoms with Crippen molar-refractivity contribution < 1.29 is 13.6 Å². The number of halogens is 4. The van der Waals surface area contributed by atoms with Crippen LogP contribution in [0.5, 0.6) is 0 Å². The molecule has 0 spiro atoms. The van der Waals surface area contributed by atoms with Crippen LogP contribution in [0.15, 0.2) is 30.3 Å². The Bertz CT molecular complexity index is 674. The van der Waals surface area contributed by atoms with Gasteiger partial charge in [0.2, 0.25) is 0 Å². The van der Waals surface area contributed by atoms with Crippen molar-refractivity contribution in [2.24, 2.45) is 0 Å². The third-order valence-electron chi connectivity index (χ3n) is 2.53. The molecule has 6 heteroatoms. The minimum Gasteiger partial charge on any atom is -0.396 e. The predicted octanol–water partition coefficient (Wildman–Crippen LogP) is 4.08. The summed E-state index contributed by atoms with van der Waals surface area (Å²) in [4.78, 5) is 12.1. The summed E-state index contributed by atoms with van der Waals surface area (Å²) in [7, 11) is 0. The van der Waals surface area contributed by atoms with Crippen molar-refractivity contribution in [2.75, 3.05) is 5.73 Å². The highest BCUT2D eigenvalue weighted by atomic mass is 35.5. The summed E-state index contributed by atoms with van der Waals surface area (Å²) in [5.74, 6) is -2.92. The third kappa shape index (κ3) is 2.55. The molecule has 0 fully saturated rings. The minimum atomic E-state index is -1.09. The van der Waals surface area contributed by atoms with E-state index >= 15 is 0 Å². The maximum Gasteiger partial charge on any atom is 0.199 e. The Morgan fingerprint density at radius 1 is 1.05 bits per heavy atom. The summed E-state index contributed by atoms with van der Waals surface area (Å²) in [6, 6.07) is 5.94. The molecule has 2 aromatic carbocycles. The Morgan fingerprint density at radius 2 is 1.74 bits per heavy atom. The molecule has 2 N–H and O–H groups in total. The molecule has 0 aliphatic carbocycles. The largest absolute Gasteiger partial charge is 0.396 e. The molecule has 2 rings (SSSR count). The Labute approximate surface area is 117 Å². The van der Waals surface area contributed by atoms with E-state index in [9.17, 15) is 13.6 Å². The lowest BCUT2D eigenvalue weighted by molar-refractivity contribution is 0.103. The Kier molecular flexibility index (Phi) is 3.73. The van der Waals surface area contributed by atoms with E-state index in [0.717, 1.165) is 12.1 Å². The standard InChI is InChI=1S/C13H7Cl2F2NO/c14-7-2-1-6(5-8(7)15)13(19)11-9(16)3-4-10(18)12(11)17/h1-5H,18H2. The van der Waals surface area contributed by atoms with Crippen LogP contribution in [0.25, 0.3) is 0 Å². The second kappa shape index (κ2) is 5.15. The first-order chi connectivity index (χ1) is 8.91. The lowest BCUT2D eigenvalue weighted by Gasteiger charge is -2.07. The highest BCUT2D eigenvalue weighted by Crippen LogP contribution is 2.26. The summed E-state index contributed by atoms with van der Waals surface area (Å²) < 4.78 is 27.3. The first kappa shape index (κ1) is 13.8. The zero-order valence-corrected chi connectivity index (χ0v) is 10.9. The number of rotatable bonds is 2. The smallest absolute Gasteiger partial charge is 0.199 e. The van der Waals surface area contributed by atoms with Crippen LogP contribution in [0.2, 0.25) is 10.0 Å². The van der Waals surface area contributed by atoms with Gasteiger partial charge in [-0.25, -0.2) is 8.78 Å². The van der Waals surface area contributed by atoms with Gasteiger partial charge in [0.1, 0.15) is 5.82 Å². The van der Waals surface area contributed by atoms with E-state index in [2.05, 4.69) is 0 Å². The van der Waals surface area contributed by atoms with Crippen molar-refractivity contribution in [3.8, 4) is 0 Å². The molecule has 0 aliphatic rings. The Balaban J connectivity index is 2.56. The lowest BCUT2D eigenvalue weighted by atomic mass is 10.0. The van der Waals surface area contributed by atoms with Gasteiger partial charge < -0.3 is 5.73 Å². The van der Waals surface area contributed by atoms with Crippen molar-refractivity contribution in [2.45, 2.75) is 0 Å². The predicted molar refractivity (Wildman–Crippen MR) is 70.7 cm³/mol. The molecule has 0 atom stereocenters. The number of nitrogen functional groups attached to an aromatic ring is 1. The van der Waals surface area contributed by atoms with Crippen molar-refractivity contribution in [1.29, 1.82) is 0 Å². The summed E-state index contributed by atoms with van der Waals surface area (Å²) in [6.45, 7) is 0. The van der Waals surface area contributed by atoms with Gasteiger partial charge in [-0.1, -0.05) is 23.2 Å². The number of nitrogens with two attached hydrogens (primary N) is 1. The number of benzene rings is 2. The second-order valence-corrected chi connectivity index (χ2v) is 4.60. The average molecular weight is 302 g/mol. The number of hydrogen-bond donors (Lipinski definition) is 1. The van der Waals surface area contributed by atoms with Crippen molar-refractivity contribution in [1.82, 2.24) is 0 Å². The molecule has 0 bridgehead atoms. The molecule has 0 aliphatic heterocycles. The fourth-order valence-corrected chi connectivity index (χ4v) is 1.86. The topological polar surface area (TPSA) is 43.1 Å². The van der Waals surface area contributed by atoms with E-state index in [1.54, 1.807) is 0 Å². The molecular weight excluding hydrogens is 295 g/mol. The first-order valence-electron chi connectivity index (χ1n) is 5.15. The van der Waals surface area contributed by atoms with Crippen LogP contribution in [-0.2, 0) is 0 Å². The third-order valence-corrected chi connectivity index (χ3v) is 3.27. The van der Waals surface area contributed by atoms with Crippen molar-refractivity contribution in [3.05, 3.63) is 63.1 Å². The molecule has 0 unspecified atom stereocenters. The highest BCUT2D eigenvalue weighted by molar-refractivity contribution is 6.42. The Morgan fingerprint density at radius 3 is 2.37 bits per heavy atom. The average Bonchev–Trinajstić information content (AvgIpc) is 2.37. The van der Waals surface area contributed by atoms with Crippen LogP contribution in [0, 0.1) is 11.6 Å². The van der Waals surface area contributed by atoms with Crippen LogP contribution in [0.4, 0.5) is 14.5 Å². The zero-order valence-electron chi connectivity index (χ0n) is 9.38. The van der Waals surface area contributed by atoms with Crippen LogP contribution < -0.4 is 5.73 Å². The van der Waals surface area contributed by atoms with E-state index in [1.165, 1.54) is 18.2 Å². The second-order valence-electron chi connectivity index (χ2n) is 3.78. The fourth-order valence-electron chi connectivity index (χ4n) is 1.56. The molecule has 0 heterocycles. The molecule has 0 amide bonds. The van der Waals surface area contributed by atoms with E-state index in [0.29, 0.717) is 0 Å². The van der Waals surface area contributed by atoms with Gasteiger partial charge in [0.05, 0.1) is 21.3 Å². The van der Waals surface area contributed by atoms with Crippen LogP contribution >= 0.6 is 23.2 Å². The summed E-state index contributed by atoms with van der Waals surface area (Å²) in [5.41, 5.74) is 4.33. The summed E-state index contributed by atoms with van der Waals surface area (Å²) in [6.07, 6.45) is 0. The van der Waals surface area contributed by atoms with Crippen LogP contribution in [0.1, 0.15) is 15.9 Å². The van der Waals surface area contributed by atoms with Gasteiger partial charge in [-0.2, -0.15) is 0 Å². The quantitative estimate of drug-likeness (QED) is 0.671. The van der Waals surface area contributed by atoms with Crippen molar-refractivity contribution >= 4 is 34.7 Å². The maximum atomic E-state index is 13.7. The van der Waals surface area contributed by atoms with E-state index in [1.807, 2.05) is 0 Å². The van der Waals surface area contributed by atoms with Crippen molar-refractivity contribution in [3.63, 3.8) is 0 Å². The van der Waals surface area contributed by atoms with Gasteiger partial charge >= 0.3 is 0 Å². The van der Waals surface area contributed by atoms with E-state index < -0.39 is 23.0 Å². The van der Waals surface area contributed by atoms with Gasteiger partial charge in [0.25, 0.3) is 0 Å². The van der Waals surface area contributed by atoms with Gasteiger partial charge in [0, 0.05) is 5.56 Å². The summed E-state index contributed by atoms with van der Waals surface area (Å²) in [5, 5.41) is 0.365. The fraction of sp³-hybridized carbons (Fsp3) is 0. The number of carbonyl (C=O) groups is 1. The van der Waals surface area contributed by atoms with Gasteiger partial charge in [-0.3, -0.25) is 4.79 Å². The molecule has 2 nitrogen and oxygen atoms in total. The van der Waals surface area contributed by atoms with Crippen LogP contribution in [0.3, 0.4) is 0 Å².